The molecule has 0 aliphatic heterocycles. The molecular formula is C20H22F2IN3O4. The van der Waals surface area contributed by atoms with Crippen LogP contribution in [0.3, 0.4) is 0 Å². The number of amides is 1. The predicted molar refractivity (Wildman–Crippen MR) is 114 cm³/mol. The molecule has 162 valence electrons. The normalized spacial score (nSPS) is 12.8. The van der Waals surface area contributed by atoms with Gasteiger partial charge in [-0.05, 0) is 64.4 Å². The van der Waals surface area contributed by atoms with Crippen molar-refractivity contribution < 1.29 is 27.8 Å². The standard InChI is InChI=1S/C20H22F2IN3O4/c21-14-4-13(5-15(22)8-14)7-17(24)18(30-19(27)11-29-20(25)28)10-26-9-12-2-1-3-16(23)6-12/h1-6,8,17-18,26H,7,9-11,24H2,(H2,25,28)/t17-,18+/m0/s1. The van der Waals surface area contributed by atoms with E-state index >= 15 is 0 Å². The Balaban J connectivity index is 2.02. The van der Waals surface area contributed by atoms with Gasteiger partial charge in [0.1, 0.15) is 17.7 Å². The Kier molecular flexibility index (Phi) is 9.40. The minimum absolute atomic E-state index is 0.0637. The van der Waals surface area contributed by atoms with Crippen LogP contribution >= 0.6 is 22.6 Å². The van der Waals surface area contributed by atoms with Crippen molar-refractivity contribution in [2.45, 2.75) is 25.1 Å². The summed E-state index contributed by atoms with van der Waals surface area (Å²) < 4.78 is 37.7. The summed E-state index contributed by atoms with van der Waals surface area (Å²) in [5, 5.41) is 3.15. The maximum atomic E-state index is 13.4. The second-order valence-electron chi connectivity index (χ2n) is 6.54. The molecule has 0 fully saturated rings. The van der Waals surface area contributed by atoms with Crippen molar-refractivity contribution in [1.29, 1.82) is 0 Å². The zero-order valence-corrected chi connectivity index (χ0v) is 18.1. The van der Waals surface area contributed by atoms with Gasteiger partial charge in [0.2, 0.25) is 0 Å². The Morgan fingerprint density at radius 2 is 1.80 bits per heavy atom. The minimum atomic E-state index is -1.11. The fourth-order valence-electron chi connectivity index (χ4n) is 2.75. The highest BCUT2D eigenvalue weighted by atomic mass is 127. The second kappa shape index (κ2) is 11.8. The van der Waals surface area contributed by atoms with E-state index in [0.717, 1.165) is 27.3 Å². The van der Waals surface area contributed by atoms with Gasteiger partial charge in [-0.2, -0.15) is 0 Å². The van der Waals surface area contributed by atoms with Gasteiger partial charge < -0.3 is 26.3 Å². The SMILES string of the molecule is NC(=O)OCC(=O)O[C@H](CNCc1cccc(I)c1)[C@@H](N)Cc1cc(F)cc(F)c1. The number of nitrogens with one attached hydrogen (secondary N) is 1. The van der Waals surface area contributed by atoms with E-state index in [2.05, 4.69) is 32.6 Å². The number of benzene rings is 2. The van der Waals surface area contributed by atoms with Gasteiger partial charge in [0.15, 0.2) is 6.61 Å². The molecule has 2 aromatic rings. The molecule has 0 saturated carbocycles. The molecular weight excluding hydrogens is 511 g/mol. The molecule has 7 nitrogen and oxygen atoms in total. The summed E-state index contributed by atoms with van der Waals surface area (Å²) in [5.41, 5.74) is 12.3. The van der Waals surface area contributed by atoms with Gasteiger partial charge in [-0.25, -0.2) is 18.4 Å². The van der Waals surface area contributed by atoms with E-state index in [1.165, 1.54) is 0 Å². The number of carbonyl (C=O) groups is 2. The third-order valence-electron chi connectivity index (χ3n) is 4.05. The maximum absolute atomic E-state index is 13.4. The van der Waals surface area contributed by atoms with Crippen LogP contribution in [0.15, 0.2) is 42.5 Å². The Hall–Kier alpha value is -2.31. The molecule has 0 heterocycles. The quantitative estimate of drug-likeness (QED) is 0.319. The molecule has 0 radical (unpaired) electrons. The first-order valence-electron chi connectivity index (χ1n) is 9.00. The monoisotopic (exact) mass is 533 g/mol. The maximum Gasteiger partial charge on any atom is 0.405 e. The lowest BCUT2D eigenvalue weighted by atomic mass is 10.0. The summed E-state index contributed by atoms with van der Waals surface area (Å²) in [6.07, 6.45) is -1.89. The van der Waals surface area contributed by atoms with E-state index in [1.807, 2.05) is 24.3 Å². The van der Waals surface area contributed by atoms with Crippen LogP contribution in [-0.4, -0.2) is 37.4 Å². The van der Waals surface area contributed by atoms with Gasteiger partial charge in [0, 0.05) is 28.8 Å². The third kappa shape index (κ3) is 8.59. The summed E-state index contributed by atoms with van der Waals surface area (Å²) >= 11 is 2.20. The summed E-state index contributed by atoms with van der Waals surface area (Å²) in [5.74, 6) is -2.29. The van der Waals surface area contributed by atoms with Gasteiger partial charge in [0.25, 0.3) is 0 Å². The minimum Gasteiger partial charge on any atom is -0.457 e. The van der Waals surface area contributed by atoms with Crippen molar-refractivity contribution in [2.75, 3.05) is 13.2 Å². The zero-order valence-electron chi connectivity index (χ0n) is 15.9. The van der Waals surface area contributed by atoms with Crippen molar-refractivity contribution in [2.24, 2.45) is 11.5 Å². The van der Waals surface area contributed by atoms with Gasteiger partial charge in [-0.15, -0.1) is 0 Å². The van der Waals surface area contributed by atoms with Crippen LogP contribution in [0.2, 0.25) is 0 Å². The number of rotatable bonds is 10. The van der Waals surface area contributed by atoms with Gasteiger partial charge >= 0.3 is 12.1 Å². The molecule has 10 heteroatoms. The molecule has 0 aromatic heterocycles. The lowest BCUT2D eigenvalue weighted by Crippen LogP contribution is -2.46. The Bertz CT molecular complexity index is 865. The van der Waals surface area contributed by atoms with Crippen LogP contribution in [0.1, 0.15) is 11.1 Å². The van der Waals surface area contributed by atoms with Gasteiger partial charge in [-0.3, -0.25) is 0 Å². The molecule has 0 saturated heterocycles. The average Bonchev–Trinajstić information content (AvgIpc) is 2.64. The van der Waals surface area contributed by atoms with Crippen LogP contribution in [0.4, 0.5) is 13.6 Å². The number of hydrogen-bond donors (Lipinski definition) is 3. The highest BCUT2D eigenvalue weighted by Gasteiger charge is 2.23. The number of esters is 1. The van der Waals surface area contributed by atoms with Crippen LogP contribution in [0.25, 0.3) is 0 Å². The smallest absolute Gasteiger partial charge is 0.405 e. The average molecular weight is 533 g/mol. The van der Waals surface area contributed by atoms with E-state index in [0.29, 0.717) is 12.1 Å². The largest absolute Gasteiger partial charge is 0.457 e. The fourth-order valence-corrected chi connectivity index (χ4v) is 3.36. The van der Waals surface area contributed by atoms with Gasteiger partial charge in [0.05, 0.1) is 0 Å². The molecule has 1 amide bonds. The highest BCUT2D eigenvalue weighted by molar-refractivity contribution is 14.1. The molecule has 0 spiro atoms. The first-order chi connectivity index (χ1) is 14.2. The van der Waals surface area contributed by atoms with Crippen LogP contribution in [0, 0.1) is 15.2 Å². The molecule has 0 bridgehead atoms. The van der Waals surface area contributed by atoms with E-state index in [1.54, 1.807) is 0 Å². The predicted octanol–water partition coefficient (Wildman–Crippen LogP) is 2.24. The third-order valence-corrected chi connectivity index (χ3v) is 4.72. The van der Waals surface area contributed by atoms with Crippen LogP contribution in [-0.2, 0) is 27.2 Å². The first kappa shape index (κ1) is 24.0. The molecule has 2 atom stereocenters. The Morgan fingerprint density at radius 3 is 2.43 bits per heavy atom. The van der Waals surface area contributed by atoms with E-state index < -0.39 is 42.4 Å². The summed E-state index contributed by atoms with van der Waals surface area (Å²) in [4.78, 5) is 22.6. The number of nitrogens with two attached hydrogens (primary N) is 2. The van der Waals surface area contributed by atoms with E-state index in [9.17, 15) is 18.4 Å². The van der Waals surface area contributed by atoms with Crippen LogP contribution in [0.5, 0.6) is 0 Å². The number of carbonyl (C=O) groups excluding carboxylic acids is 2. The van der Waals surface area contributed by atoms with E-state index in [-0.39, 0.29) is 13.0 Å². The molecule has 30 heavy (non-hydrogen) atoms. The fraction of sp³-hybridized carbons (Fsp3) is 0.300. The highest BCUT2D eigenvalue weighted by Crippen LogP contribution is 2.13. The Morgan fingerprint density at radius 1 is 1.10 bits per heavy atom. The molecule has 0 aliphatic carbocycles. The van der Waals surface area contributed by atoms with E-state index in [4.69, 9.17) is 16.2 Å². The van der Waals surface area contributed by atoms with Crippen LogP contribution < -0.4 is 16.8 Å². The lowest BCUT2D eigenvalue weighted by molar-refractivity contribution is -0.153. The molecule has 0 aliphatic rings. The van der Waals surface area contributed by atoms with Gasteiger partial charge in [-0.1, -0.05) is 12.1 Å². The van der Waals surface area contributed by atoms with Crippen molar-refractivity contribution >= 4 is 34.7 Å². The van der Waals surface area contributed by atoms with Crippen molar-refractivity contribution in [3.8, 4) is 0 Å². The number of halogens is 3. The van der Waals surface area contributed by atoms with Crippen molar-refractivity contribution in [1.82, 2.24) is 5.32 Å². The van der Waals surface area contributed by atoms with Crippen molar-refractivity contribution in [3.05, 3.63) is 68.8 Å². The number of ether oxygens (including phenoxy) is 2. The Labute approximate surface area is 186 Å². The first-order valence-corrected chi connectivity index (χ1v) is 10.1. The summed E-state index contributed by atoms with van der Waals surface area (Å²) in [6.45, 7) is 0.000761. The molecule has 2 aromatic carbocycles. The zero-order chi connectivity index (χ0) is 22.1. The summed E-state index contributed by atoms with van der Waals surface area (Å²) in [6, 6.07) is 10.1. The molecule has 5 N–H and O–H groups in total. The topological polar surface area (TPSA) is 117 Å². The lowest BCUT2D eigenvalue weighted by Gasteiger charge is -2.25. The number of hydrogen-bond acceptors (Lipinski definition) is 6. The summed E-state index contributed by atoms with van der Waals surface area (Å²) in [7, 11) is 0. The molecule has 2 rings (SSSR count). The number of primary amides is 1. The molecule has 0 unspecified atom stereocenters. The van der Waals surface area contributed by atoms with Crippen molar-refractivity contribution in [3.63, 3.8) is 0 Å². The second-order valence-corrected chi connectivity index (χ2v) is 7.79.